The molecule has 0 amide bonds. The number of aromatic carboxylic acids is 1. The fourth-order valence-corrected chi connectivity index (χ4v) is 4.81. The molecule has 0 spiro atoms. The molecule has 4 rings (SSSR count). The van der Waals surface area contributed by atoms with Gasteiger partial charge in [0.1, 0.15) is 11.4 Å². The Bertz CT molecular complexity index is 1400. The van der Waals surface area contributed by atoms with Gasteiger partial charge in [0.25, 0.3) is 0 Å². The number of ether oxygens (including phenoxy) is 1. The lowest BCUT2D eigenvalue weighted by Crippen LogP contribution is -2.06. The average Bonchev–Trinajstić information content (AvgIpc) is 3.26. The first kappa shape index (κ1) is 22.7. The summed E-state index contributed by atoms with van der Waals surface area (Å²) in [6.07, 6.45) is 0. The number of carbonyl (C=O) groups is 1. The first-order valence-electron chi connectivity index (χ1n) is 9.84. The lowest BCUT2D eigenvalue weighted by atomic mass is 10.1. The highest BCUT2D eigenvalue weighted by Crippen LogP contribution is 2.33. The summed E-state index contributed by atoms with van der Waals surface area (Å²) in [5.74, 6) is -0.501. The van der Waals surface area contributed by atoms with Crippen molar-refractivity contribution in [2.45, 2.75) is 16.8 Å². The van der Waals surface area contributed by atoms with E-state index in [-0.39, 0.29) is 21.2 Å². The Kier molecular flexibility index (Phi) is 6.30. The zero-order valence-corrected chi connectivity index (χ0v) is 19.7. The summed E-state index contributed by atoms with van der Waals surface area (Å²) in [5, 5.41) is 17.1. The van der Waals surface area contributed by atoms with Gasteiger partial charge in [-0.25, -0.2) is 17.9 Å². The van der Waals surface area contributed by atoms with E-state index < -0.39 is 15.8 Å². The van der Waals surface area contributed by atoms with Gasteiger partial charge in [-0.3, -0.25) is 0 Å². The lowest BCUT2D eigenvalue weighted by molar-refractivity contribution is 0.0697. The maximum Gasteiger partial charge on any atom is 0.335 e. The van der Waals surface area contributed by atoms with Crippen LogP contribution in [-0.4, -0.2) is 41.1 Å². The molecule has 0 aliphatic heterocycles. The Morgan fingerprint density at radius 2 is 1.64 bits per heavy atom. The van der Waals surface area contributed by atoms with E-state index in [0.29, 0.717) is 23.6 Å². The predicted octanol–water partition coefficient (Wildman–Crippen LogP) is 4.63. The molecule has 0 bridgehead atoms. The Hall–Kier alpha value is -3.50. The minimum Gasteiger partial charge on any atom is -0.494 e. The summed E-state index contributed by atoms with van der Waals surface area (Å²) in [6, 6.07) is 19.1. The van der Waals surface area contributed by atoms with Gasteiger partial charge < -0.3 is 9.84 Å². The molecule has 1 heterocycles. The Morgan fingerprint density at radius 3 is 2.21 bits per heavy atom. The molecule has 0 fully saturated rings. The number of hydrogen-bond donors (Lipinski definition) is 1. The molecule has 0 saturated heterocycles. The van der Waals surface area contributed by atoms with Crippen molar-refractivity contribution in [1.82, 2.24) is 15.0 Å². The molecule has 3 aromatic carbocycles. The van der Waals surface area contributed by atoms with E-state index in [1.54, 1.807) is 48.5 Å². The molecule has 0 atom stereocenters. The number of carboxylic acids is 1. The summed E-state index contributed by atoms with van der Waals surface area (Å²) < 4.78 is 34.6. The van der Waals surface area contributed by atoms with E-state index in [0.717, 1.165) is 4.47 Å². The van der Waals surface area contributed by atoms with Crippen LogP contribution in [0.5, 0.6) is 5.75 Å². The van der Waals surface area contributed by atoms with E-state index in [1.165, 1.54) is 28.9 Å². The van der Waals surface area contributed by atoms with E-state index in [9.17, 15) is 13.2 Å². The molecule has 0 unspecified atom stereocenters. The summed E-state index contributed by atoms with van der Waals surface area (Å²) in [5.41, 5.74) is 1.42. The van der Waals surface area contributed by atoms with Crippen molar-refractivity contribution in [2.24, 2.45) is 0 Å². The van der Waals surface area contributed by atoms with Crippen molar-refractivity contribution in [3.05, 3.63) is 82.8 Å². The highest BCUT2D eigenvalue weighted by molar-refractivity contribution is 9.10. The maximum absolute atomic E-state index is 13.5. The number of carboxylic acid groups (broad SMARTS) is 1. The fourth-order valence-electron chi connectivity index (χ4n) is 3.22. The largest absolute Gasteiger partial charge is 0.494 e. The van der Waals surface area contributed by atoms with Gasteiger partial charge in [0.05, 0.1) is 22.8 Å². The number of nitrogens with zero attached hydrogens (tertiary/aromatic N) is 3. The second-order valence-corrected chi connectivity index (χ2v) is 9.70. The summed E-state index contributed by atoms with van der Waals surface area (Å²) in [7, 11) is -4.02. The third-order valence-corrected chi connectivity index (χ3v) is 7.02. The first-order chi connectivity index (χ1) is 15.8. The van der Waals surface area contributed by atoms with Crippen LogP contribution in [0.25, 0.3) is 16.9 Å². The predicted molar refractivity (Wildman–Crippen MR) is 125 cm³/mol. The fraction of sp³-hybridized carbons (Fsp3) is 0.0870. The van der Waals surface area contributed by atoms with Crippen molar-refractivity contribution < 1.29 is 23.1 Å². The molecule has 1 aromatic heterocycles. The minimum absolute atomic E-state index is 0.0533. The van der Waals surface area contributed by atoms with Crippen LogP contribution in [0.15, 0.2) is 87.2 Å². The monoisotopic (exact) mass is 527 g/mol. The zero-order chi connectivity index (χ0) is 23.6. The van der Waals surface area contributed by atoms with E-state index in [4.69, 9.17) is 9.84 Å². The van der Waals surface area contributed by atoms with Crippen LogP contribution in [-0.2, 0) is 9.84 Å². The Morgan fingerprint density at radius 1 is 1.00 bits per heavy atom. The van der Waals surface area contributed by atoms with E-state index in [1.807, 2.05) is 6.92 Å². The van der Waals surface area contributed by atoms with Gasteiger partial charge >= 0.3 is 5.97 Å². The molecule has 8 nitrogen and oxygen atoms in total. The summed E-state index contributed by atoms with van der Waals surface area (Å²) in [6.45, 7) is 2.31. The smallest absolute Gasteiger partial charge is 0.335 e. The molecule has 0 radical (unpaired) electrons. The standard InChI is InChI=1S/C23H18BrN3O5S/c1-2-32-19-11-13-20(14-12-19)33(30,31)22-21(15-3-7-17(24)8-4-15)27(26-25-22)18-9-5-16(6-10-18)23(28)29/h3-14H,2H2,1H3,(H,28,29). The molecular formula is C23H18BrN3O5S. The normalized spacial score (nSPS) is 11.3. The number of sulfone groups is 1. The second-order valence-electron chi connectivity index (χ2n) is 6.92. The molecule has 10 heteroatoms. The molecule has 33 heavy (non-hydrogen) atoms. The lowest BCUT2D eigenvalue weighted by Gasteiger charge is -2.10. The number of rotatable bonds is 7. The molecule has 168 valence electrons. The van der Waals surface area contributed by atoms with Crippen molar-refractivity contribution in [1.29, 1.82) is 0 Å². The minimum atomic E-state index is -4.02. The maximum atomic E-state index is 13.5. The number of benzene rings is 3. The molecular weight excluding hydrogens is 510 g/mol. The molecule has 1 N–H and O–H groups in total. The van der Waals surface area contributed by atoms with Gasteiger partial charge in [0.15, 0.2) is 0 Å². The Labute approximate surface area is 198 Å². The molecule has 0 aliphatic carbocycles. The van der Waals surface area contributed by atoms with Crippen LogP contribution in [0, 0.1) is 0 Å². The third-order valence-electron chi connectivity index (χ3n) is 4.82. The van der Waals surface area contributed by atoms with Gasteiger partial charge in [-0.2, -0.15) is 0 Å². The van der Waals surface area contributed by atoms with E-state index >= 15 is 0 Å². The van der Waals surface area contributed by atoms with Crippen molar-refractivity contribution in [2.75, 3.05) is 6.61 Å². The van der Waals surface area contributed by atoms with Crippen LogP contribution in [0.1, 0.15) is 17.3 Å². The zero-order valence-electron chi connectivity index (χ0n) is 17.3. The highest BCUT2D eigenvalue weighted by Gasteiger charge is 2.29. The highest BCUT2D eigenvalue weighted by atomic mass is 79.9. The number of halogens is 1. The van der Waals surface area contributed by atoms with Gasteiger partial charge in [-0.05, 0) is 67.6 Å². The van der Waals surface area contributed by atoms with Crippen LogP contribution in [0.2, 0.25) is 0 Å². The quantitative estimate of drug-likeness (QED) is 0.373. The van der Waals surface area contributed by atoms with Crippen LogP contribution >= 0.6 is 15.9 Å². The third kappa shape index (κ3) is 4.53. The second kappa shape index (κ2) is 9.16. The van der Waals surface area contributed by atoms with E-state index in [2.05, 4.69) is 26.2 Å². The van der Waals surface area contributed by atoms with Crippen LogP contribution < -0.4 is 4.74 Å². The summed E-state index contributed by atoms with van der Waals surface area (Å²) >= 11 is 3.38. The van der Waals surface area contributed by atoms with Crippen LogP contribution in [0.4, 0.5) is 0 Å². The molecule has 4 aromatic rings. The number of aromatic nitrogens is 3. The van der Waals surface area contributed by atoms with Crippen molar-refractivity contribution in [3.8, 4) is 22.7 Å². The van der Waals surface area contributed by atoms with Gasteiger partial charge in [-0.15, -0.1) is 5.10 Å². The average molecular weight is 528 g/mol. The Balaban J connectivity index is 1.88. The summed E-state index contributed by atoms with van der Waals surface area (Å²) in [4.78, 5) is 11.3. The topological polar surface area (TPSA) is 111 Å². The molecule has 0 aliphatic rings. The SMILES string of the molecule is CCOc1ccc(S(=O)(=O)c2nnn(-c3ccc(C(=O)O)cc3)c2-c2ccc(Br)cc2)cc1. The van der Waals surface area contributed by atoms with Gasteiger partial charge in [-0.1, -0.05) is 33.3 Å². The van der Waals surface area contributed by atoms with Crippen molar-refractivity contribution in [3.63, 3.8) is 0 Å². The van der Waals surface area contributed by atoms with Crippen LogP contribution in [0.3, 0.4) is 0 Å². The van der Waals surface area contributed by atoms with Gasteiger partial charge in [0, 0.05) is 10.0 Å². The molecule has 0 saturated carbocycles. The number of hydrogen-bond acceptors (Lipinski definition) is 6. The van der Waals surface area contributed by atoms with Gasteiger partial charge in [0.2, 0.25) is 14.9 Å². The first-order valence-corrected chi connectivity index (χ1v) is 12.1. The van der Waals surface area contributed by atoms with Crippen molar-refractivity contribution >= 4 is 31.7 Å².